The van der Waals surface area contributed by atoms with Crippen molar-refractivity contribution < 1.29 is 29.0 Å². The Morgan fingerprint density at radius 1 is 0.765 bits per heavy atom. The standard InChI is InChI=1S/C45H64O6/c1-27(2)29-17-22-45(39(48)49)24-23-43(8)30(36(29)45)15-16-34-42(7)20-19-35(41(5,6)33(42)18-21-44(34,43)9)51-38(47)32-25-31(40(32,3)4)37(46)50-26-28-13-11-10-12-14-28/h10-14,29-36H,1,15-26H2,2-9H3,(H,48,49). The molecule has 51 heavy (non-hydrogen) atoms. The molecule has 0 heterocycles. The minimum absolute atomic E-state index is 0.0909. The third-order valence-corrected chi connectivity index (χ3v) is 17.8. The molecule has 0 spiro atoms. The van der Waals surface area contributed by atoms with Crippen LogP contribution in [0.2, 0.25) is 0 Å². The van der Waals surface area contributed by atoms with Crippen molar-refractivity contribution >= 4 is 17.9 Å². The summed E-state index contributed by atoms with van der Waals surface area (Å²) in [6.07, 6.45) is 10.3. The number of hydrogen-bond donors (Lipinski definition) is 1. The van der Waals surface area contributed by atoms with Gasteiger partial charge in [-0.1, -0.05) is 91.0 Å². The Balaban J connectivity index is 1.05. The summed E-state index contributed by atoms with van der Waals surface area (Å²) in [7, 11) is 0. The molecule has 6 heteroatoms. The highest BCUT2D eigenvalue weighted by molar-refractivity contribution is 5.82. The molecule has 12 unspecified atom stereocenters. The van der Waals surface area contributed by atoms with E-state index in [-0.39, 0.29) is 64.1 Å². The van der Waals surface area contributed by atoms with Crippen molar-refractivity contribution in [1.29, 1.82) is 0 Å². The molecule has 280 valence electrons. The number of hydrogen-bond acceptors (Lipinski definition) is 5. The van der Waals surface area contributed by atoms with Gasteiger partial charge in [-0.2, -0.15) is 0 Å². The van der Waals surface area contributed by atoms with Gasteiger partial charge in [0.15, 0.2) is 0 Å². The quantitative estimate of drug-likeness (QED) is 0.225. The fourth-order valence-corrected chi connectivity index (χ4v) is 14.5. The second kappa shape index (κ2) is 12.2. The Bertz CT molecular complexity index is 1580. The maximum atomic E-state index is 13.9. The normalized spacial score (nSPS) is 44.7. The van der Waals surface area contributed by atoms with Crippen LogP contribution in [0.1, 0.15) is 132 Å². The van der Waals surface area contributed by atoms with Crippen LogP contribution < -0.4 is 0 Å². The molecule has 7 rings (SSSR count). The predicted octanol–water partition coefficient (Wildman–Crippen LogP) is 10.0. The SMILES string of the molecule is C=C(C)C1CCC2(C(=O)O)CCC3(C)C(CCC4C5(C)CCC(OC(=O)C6CC(C(=O)OCc7ccccc7)C6(C)C)C(C)(C)C5CCC43C)C12. The van der Waals surface area contributed by atoms with E-state index in [1.165, 1.54) is 5.57 Å². The number of carbonyl (C=O) groups is 3. The molecule has 6 aliphatic rings. The second-order valence-corrected chi connectivity index (χ2v) is 20.2. The van der Waals surface area contributed by atoms with Crippen LogP contribution >= 0.6 is 0 Å². The molecule has 1 aromatic rings. The second-order valence-electron chi connectivity index (χ2n) is 20.2. The zero-order chi connectivity index (χ0) is 36.9. The number of carboxylic acids is 1. The minimum atomic E-state index is -0.598. The molecule has 6 saturated carbocycles. The fraction of sp³-hybridized carbons (Fsp3) is 0.756. The molecule has 0 aliphatic heterocycles. The van der Waals surface area contributed by atoms with Crippen LogP contribution in [0.5, 0.6) is 0 Å². The lowest BCUT2D eigenvalue weighted by Gasteiger charge is -2.72. The summed E-state index contributed by atoms with van der Waals surface area (Å²) < 4.78 is 12.2. The highest BCUT2D eigenvalue weighted by atomic mass is 16.5. The Morgan fingerprint density at radius 2 is 1.45 bits per heavy atom. The largest absolute Gasteiger partial charge is 0.481 e. The maximum Gasteiger partial charge on any atom is 0.309 e. The first kappa shape index (κ1) is 36.7. The number of rotatable bonds is 7. The summed E-state index contributed by atoms with van der Waals surface area (Å²) in [4.78, 5) is 40.0. The van der Waals surface area contributed by atoms with Crippen LogP contribution in [0.4, 0.5) is 0 Å². The molecule has 0 radical (unpaired) electrons. The van der Waals surface area contributed by atoms with E-state index >= 15 is 0 Å². The van der Waals surface area contributed by atoms with Gasteiger partial charge in [-0.15, -0.1) is 0 Å². The zero-order valence-electron chi connectivity index (χ0n) is 32.7. The number of carbonyl (C=O) groups excluding carboxylic acids is 2. The molecule has 0 bridgehead atoms. The summed E-state index contributed by atoms with van der Waals surface area (Å²) in [5.74, 6) is 0.286. The first-order valence-electron chi connectivity index (χ1n) is 20.1. The molecule has 1 aromatic carbocycles. The minimum Gasteiger partial charge on any atom is -0.481 e. The highest BCUT2D eigenvalue weighted by Crippen LogP contribution is 2.77. The summed E-state index contributed by atoms with van der Waals surface area (Å²) in [6.45, 7) is 23.2. The van der Waals surface area contributed by atoms with Crippen molar-refractivity contribution in [2.75, 3.05) is 0 Å². The monoisotopic (exact) mass is 700 g/mol. The van der Waals surface area contributed by atoms with Crippen LogP contribution in [0.15, 0.2) is 42.5 Å². The van der Waals surface area contributed by atoms with E-state index in [4.69, 9.17) is 9.47 Å². The van der Waals surface area contributed by atoms with Gasteiger partial charge in [0.05, 0.1) is 17.3 Å². The van der Waals surface area contributed by atoms with Gasteiger partial charge in [-0.05, 0) is 134 Å². The number of fused-ring (bicyclic) bond motifs is 7. The third-order valence-electron chi connectivity index (χ3n) is 17.8. The smallest absolute Gasteiger partial charge is 0.309 e. The lowest BCUT2D eigenvalue weighted by atomic mass is 9.32. The predicted molar refractivity (Wildman–Crippen MR) is 198 cm³/mol. The molecule has 0 saturated heterocycles. The molecule has 1 N–H and O–H groups in total. The summed E-state index contributed by atoms with van der Waals surface area (Å²) in [5.41, 5.74) is 1.20. The van der Waals surface area contributed by atoms with Crippen LogP contribution in [-0.4, -0.2) is 29.1 Å². The average molecular weight is 701 g/mol. The molecule has 0 amide bonds. The van der Waals surface area contributed by atoms with Crippen molar-refractivity contribution in [2.45, 2.75) is 139 Å². The Morgan fingerprint density at radius 3 is 2.10 bits per heavy atom. The Labute approximate surface area is 306 Å². The van der Waals surface area contributed by atoms with E-state index in [9.17, 15) is 19.5 Å². The van der Waals surface area contributed by atoms with Crippen LogP contribution in [-0.2, 0) is 30.5 Å². The highest BCUT2D eigenvalue weighted by Gasteiger charge is 2.72. The molecule has 6 aliphatic carbocycles. The van der Waals surface area contributed by atoms with Crippen LogP contribution in [0.3, 0.4) is 0 Å². The molecule has 6 nitrogen and oxygen atoms in total. The molecule has 0 aromatic heterocycles. The van der Waals surface area contributed by atoms with Crippen molar-refractivity contribution in [3.63, 3.8) is 0 Å². The molecular weight excluding hydrogens is 636 g/mol. The van der Waals surface area contributed by atoms with Crippen LogP contribution in [0, 0.1) is 73.9 Å². The van der Waals surface area contributed by atoms with Gasteiger partial charge in [0.2, 0.25) is 0 Å². The van der Waals surface area contributed by atoms with Gasteiger partial charge in [-0.3, -0.25) is 14.4 Å². The number of esters is 2. The summed E-state index contributed by atoms with van der Waals surface area (Å²) >= 11 is 0. The van der Waals surface area contributed by atoms with E-state index in [0.29, 0.717) is 30.1 Å². The van der Waals surface area contributed by atoms with Gasteiger partial charge in [0, 0.05) is 5.41 Å². The van der Waals surface area contributed by atoms with E-state index in [0.717, 1.165) is 69.8 Å². The topological polar surface area (TPSA) is 89.9 Å². The van der Waals surface area contributed by atoms with Crippen LogP contribution in [0.25, 0.3) is 0 Å². The fourth-order valence-electron chi connectivity index (χ4n) is 14.5. The maximum absolute atomic E-state index is 13.9. The number of aliphatic carboxylic acids is 1. The first-order valence-corrected chi connectivity index (χ1v) is 20.1. The lowest BCUT2D eigenvalue weighted by Crippen LogP contribution is -2.67. The van der Waals surface area contributed by atoms with E-state index < -0.39 is 16.8 Å². The van der Waals surface area contributed by atoms with E-state index in [2.05, 4.69) is 48.1 Å². The van der Waals surface area contributed by atoms with Crippen molar-refractivity contribution in [2.24, 2.45) is 73.9 Å². The summed E-state index contributed by atoms with van der Waals surface area (Å²) in [6, 6.07) is 9.71. The summed E-state index contributed by atoms with van der Waals surface area (Å²) in [5, 5.41) is 10.7. The first-order chi connectivity index (χ1) is 23.8. The van der Waals surface area contributed by atoms with Crippen molar-refractivity contribution in [3.05, 3.63) is 48.0 Å². The number of benzene rings is 1. The molecular formula is C45H64O6. The van der Waals surface area contributed by atoms with E-state index in [1.807, 2.05) is 44.2 Å². The van der Waals surface area contributed by atoms with E-state index in [1.54, 1.807) is 0 Å². The molecule has 6 fully saturated rings. The van der Waals surface area contributed by atoms with Gasteiger partial charge in [0.1, 0.15) is 12.7 Å². The van der Waals surface area contributed by atoms with Gasteiger partial charge >= 0.3 is 17.9 Å². The Hall–Kier alpha value is -2.63. The van der Waals surface area contributed by atoms with Gasteiger partial charge in [0.25, 0.3) is 0 Å². The molecule has 12 atom stereocenters. The number of allylic oxidation sites excluding steroid dienone is 1. The average Bonchev–Trinajstić information content (AvgIpc) is 3.47. The number of ether oxygens (including phenoxy) is 2. The van der Waals surface area contributed by atoms with Crippen molar-refractivity contribution in [1.82, 2.24) is 0 Å². The lowest BCUT2D eigenvalue weighted by molar-refractivity contribution is -0.252. The third kappa shape index (κ3) is 5.17. The Kier molecular flexibility index (Phi) is 8.78. The van der Waals surface area contributed by atoms with Crippen molar-refractivity contribution in [3.8, 4) is 0 Å². The number of carboxylic acid groups (broad SMARTS) is 1. The van der Waals surface area contributed by atoms with Gasteiger partial charge < -0.3 is 14.6 Å². The zero-order valence-corrected chi connectivity index (χ0v) is 32.7. The van der Waals surface area contributed by atoms with Gasteiger partial charge in [-0.25, -0.2) is 0 Å².